The Morgan fingerprint density at radius 1 is 0.821 bits per heavy atom. The molecule has 1 atom stereocenters. The van der Waals surface area contributed by atoms with E-state index in [-0.39, 0.29) is 24.9 Å². The van der Waals surface area contributed by atoms with Crippen LogP contribution in [0.3, 0.4) is 0 Å². The van der Waals surface area contributed by atoms with Crippen LogP contribution in [0, 0.1) is 6.92 Å². The summed E-state index contributed by atoms with van der Waals surface area (Å²) in [6.07, 6.45) is 0.281. The number of aryl methyl sites for hydroxylation is 1. The van der Waals surface area contributed by atoms with Crippen LogP contribution < -0.4 is 9.62 Å². The Kier molecular flexibility index (Phi) is 10.3. The number of rotatable bonds is 12. The first kappa shape index (κ1) is 29.9. The zero-order chi connectivity index (χ0) is 28.6. The van der Waals surface area contributed by atoms with Crippen LogP contribution in [0.4, 0.5) is 5.69 Å². The van der Waals surface area contributed by atoms with Crippen molar-refractivity contribution >= 4 is 27.7 Å². The first-order valence-corrected chi connectivity index (χ1v) is 14.3. The number of hydrogen-bond acceptors (Lipinski definition) is 4. The van der Waals surface area contributed by atoms with Crippen molar-refractivity contribution in [3.8, 4) is 0 Å². The first-order chi connectivity index (χ1) is 18.5. The van der Waals surface area contributed by atoms with Crippen LogP contribution >= 0.6 is 0 Å². The monoisotopic (exact) mass is 550 g/mol. The van der Waals surface area contributed by atoms with Crippen molar-refractivity contribution in [2.45, 2.75) is 45.8 Å². The van der Waals surface area contributed by atoms with Gasteiger partial charge in [0.15, 0.2) is 0 Å². The first-order valence-electron chi connectivity index (χ1n) is 12.9. The van der Waals surface area contributed by atoms with Crippen molar-refractivity contribution in [1.29, 1.82) is 0 Å². The molecule has 0 aliphatic carbocycles. The van der Waals surface area contributed by atoms with Crippen LogP contribution in [-0.4, -0.2) is 62.2 Å². The van der Waals surface area contributed by atoms with Gasteiger partial charge < -0.3 is 10.2 Å². The van der Waals surface area contributed by atoms with Crippen molar-refractivity contribution in [2.75, 3.05) is 24.9 Å². The van der Waals surface area contributed by atoms with Gasteiger partial charge in [-0.25, -0.2) is 4.31 Å². The van der Waals surface area contributed by atoms with Crippen LogP contribution in [0.5, 0.6) is 0 Å². The molecule has 0 saturated heterocycles. The summed E-state index contributed by atoms with van der Waals surface area (Å²) in [5, 5.41) is 2.95. The van der Waals surface area contributed by atoms with E-state index < -0.39 is 28.7 Å². The Labute approximate surface area is 232 Å². The van der Waals surface area contributed by atoms with Gasteiger partial charge in [-0.3, -0.25) is 9.59 Å². The fourth-order valence-corrected chi connectivity index (χ4v) is 5.19. The fraction of sp³-hybridized carbons (Fsp3) is 0.333. The van der Waals surface area contributed by atoms with Gasteiger partial charge in [-0.15, -0.1) is 0 Å². The number of hydrogen-bond donors (Lipinski definition) is 1. The number of benzene rings is 3. The summed E-state index contributed by atoms with van der Waals surface area (Å²) >= 11 is 0. The molecule has 0 aliphatic heterocycles. The lowest BCUT2D eigenvalue weighted by molar-refractivity contribution is -0.140. The number of nitrogens with one attached hydrogen (secondary N) is 1. The highest BCUT2D eigenvalue weighted by atomic mass is 32.2. The Balaban J connectivity index is 2.07. The molecule has 0 spiro atoms. The molecular formula is C30H38N4O4S. The number of nitrogens with zero attached hydrogens (tertiary/aromatic N) is 3. The fourth-order valence-electron chi connectivity index (χ4n) is 4.14. The topological polar surface area (TPSA) is 90.0 Å². The highest BCUT2D eigenvalue weighted by molar-refractivity contribution is 7.90. The van der Waals surface area contributed by atoms with Crippen molar-refractivity contribution in [3.05, 3.63) is 102 Å². The molecule has 0 radical (unpaired) electrons. The van der Waals surface area contributed by atoms with Gasteiger partial charge in [0, 0.05) is 33.1 Å². The van der Waals surface area contributed by atoms with Crippen LogP contribution in [0.1, 0.15) is 30.5 Å². The molecule has 39 heavy (non-hydrogen) atoms. The van der Waals surface area contributed by atoms with Crippen LogP contribution in [0.25, 0.3) is 0 Å². The summed E-state index contributed by atoms with van der Waals surface area (Å²) in [6.45, 7) is 5.39. The van der Waals surface area contributed by atoms with E-state index >= 15 is 0 Å². The van der Waals surface area contributed by atoms with Gasteiger partial charge in [0.1, 0.15) is 12.6 Å². The van der Waals surface area contributed by atoms with E-state index in [9.17, 15) is 18.0 Å². The third-order valence-electron chi connectivity index (χ3n) is 6.24. The maximum Gasteiger partial charge on any atom is 0.304 e. The van der Waals surface area contributed by atoms with Gasteiger partial charge in [-0.05, 0) is 44.0 Å². The molecule has 9 heteroatoms. The molecule has 3 rings (SSSR count). The smallest absolute Gasteiger partial charge is 0.304 e. The quantitative estimate of drug-likeness (QED) is 0.372. The SMILES string of the molecule is Cc1ccc(CN(C(=O)CN(c2ccccc2)S(=O)(=O)N(C)C)[C@@H](Cc2ccccc2)C(=O)NC(C)C)cc1. The van der Waals surface area contributed by atoms with E-state index in [1.54, 1.807) is 30.3 Å². The zero-order valence-electron chi connectivity index (χ0n) is 23.2. The van der Waals surface area contributed by atoms with Crippen molar-refractivity contribution < 1.29 is 18.0 Å². The second kappa shape index (κ2) is 13.4. The van der Waals surface area contributed by atoms with Crippen molar-refractivity contribution in [2.24, 2.45) is 0 Å². The van der Waals surface area contributed by atoms with Gasteiger partial charge >= 0.3 is 10.2 Å². The predicted molar refractivity (Wildman–Crippen MR) is 155 cm³/mol. The molecule has 208 valence electrons. The largest absolute Gasteiger partial charge is 0.352 e. The number of carbonyl (C=O) groups is 2. The normalized spacial score (nSPS) is 12.3. The molecule has 0 unspecified atom stereocenters. The standard InChI is InChI=1S/C30H38N4O4S/c1-23(2)31-30(36)28(20-25-12-8-6-9-13-25)33(21-26-18-16-24(3)17-19-26)29(35)22-34(39(37,38)32(4)5)27-14-10-7-11-15-27/h6-19,23,28H,20-22H2,1-5H3,(H,31,36)/t28-/m0/s1. The summed E-state index contributed by atoms with van der Waals surface area (Å²) in [4.78, 5) is 29.2. The minimum Gasteiger partial charge on any atom is -0.352 e. The van der Waals surface area contributed by atoms with Gasteiger partial charge in [0.25, 0.3) is 0 Å². The molecule has 8 nitrogen and oxygen atoms in total. The highest BCUT2D eigenvalue weighted by Crippen LogP contribution is 2.21. The Morgan fingerprint density at radius 3 is 1.92 bits per heavy atom. The third kappa shape index (κ3) is 8.15. The van der Waals surface area contributed by atoms with Gasteiger partial charge in [-0.1, -0.05) is 78.4 Å². The molecule has 0 aromatic heterocycles. The van der Waals surface area contributed by atoms with E-state index in [4.69, 9.17) is 0 Å². The molecule has 0 heterocycles. The lowest BCUT2D eigenvalue weighted by atomic mass is 10.0. The molecule has 0 saturated carbocycles. The summed E-state index contributed by atoms with van der Waals surface area (Å²) in [7, 11) is -1.15. The maximum absolute atomic E-state index is 14.1. The lowest BCUT2D eigenvalue weighted by Crippen LogP contribution is -2.55. The van der Waals surface area contributed by atoms with Crippen molar-refractivity contribution in [1.82, 2.24) is 14.5 Å². The molecule has 3 aromatic carbocycles. The second-order valence-electron chi connectivity index (χ2n) is 10.0. The molecular weight excluding hydrogens is 512 g/mol. The van der Waals surface area contributed by atoms with Crippen molar-refractivity contribution in [3.63, 3.8) is 0 Å². The second-order valence-corrected chi connectivity index (χ2v) is 12.1. The number of carbonyl (C=O) groups excluding carboxylic acids is 2. The van der Waals surface area contributed by atoms with E-state index in [0.717, 1.165) is 25.3 Å². The Hall–Kier alpha value is -3.69. The lowest BCUT2D eigenvalue weighted by Gasteiger charge is -2.34. The maximum atomic E-state index is 14.1. The third-order valence-corrected chi connectivity index (χ3v) is 8.06. The van der Waals surface area contributed by atoms with E-state index in [0.29, 0.717) is 5.69 Å². The van der Waals surface area contributed by atoms with E-state index in [1.165, 1.54) is 19.0 Å². The Morgan fingerprint density at radius 2 is 1.38 bits per heavy atom. The average molecular weight is 551 g/mol. The molecule has 1 N–H and O–H groups in total. The zero-order valence-corrected chi connectivity index (χ0v) is 24.1. The molecule has 0 fully saturated rings. The van der Waals surface area contributed by atoms with Crippen LogP contribution in [0.15, 0.2) is 84.9 Å². The number of para-hydroxylation sites is 1. The van der Waals surface area contributed by atoms with Crippen LogP contribution in [-0.2, 0) is 32.8 Å². The minimum absolute atomic E-state index is 0.137. The molecule has 0 aliphatic rings. The summed E-state index contributed by atoms with van der Waals surface area (Å²) < 4.78 is 28.8. The summed E-state index contributed by atoms with van der Waals surface area (Å²) in [5.41, 5.74) is 3.17. The van der Waals surface area contributed by atoms with Crippen LogP contribution in [0.2, 0.25) is 0 Å². The van der Waals surface area contributed by atoms with Gasteiger partial charge in [-0.2, -0.15) is 12.7 Å². The number of amides is 2. The van der Waals surface area contributed by atoms with E-state index in [1.807, 2.05) is 75.4 Å². The van der Waals surface area contributed by atoms with E-state index in [2.05, 4.69) is 5.32 Å². The summed E-state index contributed by atoms with van der Waals surface area (Å²) in [5.74, 6) is -0.777. The summed E-state index contributed by atoms with van der Waals surface area (Å²) in [6, 6.07) is 24.7. The molecule has 0 bridgehead atoms. The highest BCUT2D eigenvalue weighted by Gasteiger charge is 2.34. The van der Waals surface area contributed by atoms with Gasteiger partial charge in [0.2, 0.25) is 11.8 Å². The Bertz CT molecular complexity index is 1330. The predicted octanol–water partition coefficient (Wildman–Crippen LogP) is 3.77. The average Bonchev–Trinajstić information content (AvgIpc) is 2.90. The molecule has 3 aromatic rings. The minimum atomic E-state index is -4.00. The molecule has 2 amide bonds. The van der Waals surface area contributed by atoms with Gasteiger partial charge in [0.05, 0.1) is 5.69 Å². The number of anilines is 1.